The van der Waals surface area contributed by atoms with Crippen molar-refractivity contribution < 1.29 is 9.66 Å². The molecule has 30 heavy (non-hydrogen) atoms. The zero-order chi connectivity index (χ0) is 20.7. The molecule has 0 unspecified atom stereocenters. The number of methoxy groups -OCH3 is 1. The molecule has 0 N–H and O–H groups in total. The maximum Gasteiger partial charge on any atom is 0.271 e. The van der Waals surface area contributed by atoms with Gasteiger partial charge in [-0.1, -0.05) is 42.1 Å². The van der Waals surface area contributed by atoms with Crippen molar-refractivity contribution in [2.45, 2.75) is 9.92 Å². The summed E-state index contributed by atoms with van der Waals surface area (Å²) in [4.78, 5) is 25.3. The summed E-state index contributed by atoms with van der Waals surface area (Å²) in [7, 11) is 1.58. The minimum atomic E-state index is -0.418. The van der Waals surface area contributed by atoms with Crippen LogP contribution >= 0.6 is 11.8 Å². The van der Waals surface area contributed by atoms with Gasteiger partial charge in [0.15, 0.2) is 0 Å². The number of hydrogen-bond acceptors (Lipinski definition) is 7. The van der Waals surface area contributed by atoms with E-state index in [1.54, 1.807) is 19.5 Å². The van der Waals surface area contributed by atoms with Crippen LogP contribution in [0.25, 0.3) is 32.7 Å². The second-order valence-corrected chi connectivity index (χ2v) is 7.55. The Kier molecular flexibility index (Phi) is 4.40. The van der Waals surface area contributed by atoms with E-state index in [4.69, 9.17) is 4.74 Å². The van der Waals surface area contributed by atoms with Gasteiger partial charge in [0.05, 0.1) is 23.1 Å². The summed E-state index contributed by atoms with van der Waals surface area (Å²) < 4.78 is 5.50. The predicted octanol–water partition coefficient (Wildman–Crippen LogP) is 5.40. The molecule has 2 aromatic heterocycles. The van der Waals surface area contributed by atoms with Crippen molar-refractivity contribution in [2.24, 2.45) is 0 Å². The van der Waals surface area contributed by atoms with Crippen LogP contribution in [0.5, 0.6) is 5.75 Å². The topological polar surface area (TPSA) is 91.0 Å². The first-order valence-electron chi connectivity index (χ1n) is 9.08. The number of hydrogen-bond donors (Lipinski definition) is 0. The van der Waals surface area contributed by atoms with Gasteiger partial charge in [-0.05, 0) is 18.2 Å². The number of nitro groups is 1. The second-order valence-electron chi connectivity index (χ2n) is 6.55. The summed E-state index contributed by atoms with van der Waals surface area (Å²) in [6.45, 7) is 0. The van der Waals surface area contributed by atoms with Gasteiger partial charge in [-0.2, -0.15) is 0 Å². The fourth-order valence-corrected chi connectivity index (χ4v) is 4.57. The van der Waals surface area contributed by atoms with Crippen LogP contribution in [0.4, 0.5) is 5.69 Å². The van der Waals surface area contributed by atoms with E-state index >= 15 is 0 Å². The summed E-state index contributed by atoms with van der Waals surface area (Å²) in [5.41, 5.74) is 2.02. The lowest BCUT2D eigenvalue weighted by Gasteiger charge is -2.13. The van der Waals surface area contributed by atoms with Crippen molar-refractivity contribution in [2.75, 3.05) is 7.11 Å². The Morgan fingerprint density at radius 1 is 0.933 bits per heavy atom. The van der Waals surface area contributed by atoms with Crippen LogP contribution in [0.2, 0.25) is 0 Å². The van der Waals surface area contributed by atoms with E-state index in [1.165, 1.54) is 23.9 Å². The number of nitrogens with zero attached hydrogens (tertiary/aromatic N) is 4. The SMILES string of the molecule is COc1cccc2c(Sc3ncnc4ccccc34)c3ccc([N+](=O)[O-])cc3nc12. The Labute approximate surface area is 174 Å². The number of aromatic nitrogens is 3. The van der Waals surface area contributed by atoms with E-state index in [9.17, 15) is 10.1 Å². The summed E-state index contributed by atoms with van der Waals surface area (Å²) in [5, 5.41) is 14.7. The number of benzene rings is 3. The van der Waals surface area contributed by atoms with Gasteiger partial charge in [0.1, 0.15) is 22.6 Å². The maximum atomic E-state index is 11.3. The number of pyridine rings is 1. The minimum Gasteiger partial charge on any atom is -0.494 e. The first-order valence-corrected chi connectivity index (χ1v) is 9.90. The normalized spacial score (nSPS) is 11.2. The highest BCUT2D eigenvalue weighted by molar-refractivity contribution is 8.00. The quantitative estimate of drug-likeness (QED) is 0.168. The molecule has 146 valence electrons. The monoisotopic (exact) mass is 414 g/mol. The lowest BCUT2D eigenvalue weighted by Crippen LogP contribution is -1.94. The first-order chi connectivity index (χ1) is 14.7. The van der Waals surface area contributed by atoms with Gasteiger partial charge in [0, 0.05) is 33.2 Å². The molecule has 5 aromatic rings. The van der Waals surface area contributed by atoms with Crippen molar-refractivity contribution in [1.29, 1.82) is 0 Å². The van der Waals surface area contributed by atoms with E-state index in [2.05, 4.69) is 15.0 Å². The summed E-state index contributed by atoms with van der Waals surface area (Å²) >= 11 is 1.49. The van der Waals surface area contributed by atoms with Crippen molar-refractivity contribution >= 4 is 50.2 Å². The Bertz CT molecular complexity index is 1450. The number of fused-ring (bicyclic) bond motifs is 3. The van der Waals surface area contributed by atoms with Gasteiger partial charge in [0.2, 0.25) is 0 Å². The van der Waals surface area contributed by atoms with E-state index in [0.29, 0.717) is 16.8 Å². The number of para-hydroxylation sites is 2. The molecule has 3 aromatic carbocycles. The third kappa shape index (κ3) is 2.98. The number of nitro benzene ring substituents is 1. The van der Waals surface area contributed by atoms with E-state index in [-0.39, 0.29) is 5.69 Å². The molecule has 0 saturated carbocycles. The second kappa shape index (κ2) is 7.23. The zero-order valence-electron chi connectivity index (χ0n) is 15.8. The molecule has 5 rings (SSSR count). The molecule has 8 heteroatoms. The van der Waals surface area contributed by atoms with E-state index in [0.717, 1.165) is 31.6 Å². The van der Waals surface area contributed by atoms with E-state index < -0.39 is 4.92 Å². The molecule has 7 nitrogen and oxygen atoms in total. The Hall–Kier alpha value is -3.78. The van der Waals surface area contributed by atoms with Gasteiger partial charge >= 0.3 is 0 Å². The largest absolute Gasteiger partial charge is 0.494 e. The number of ether oxygens (including phenoxy) is 1. The Morgan fingerprint density at radius 3 is 2.60 bits per heavy atom. The summed E-state index contributed by atoms with van der Waals surface area (Å²) in [6.07, 6.45) is 1.54. The molecule has 2 heterocycles. The van der Waals surface area contributed by atoms with Crippen molar-refractivity contribution in [3.05, 3.63) is 77.1 Å². The first kappa shape index (κ1) is 18.3. The Morgan fingerprint density at radius 2 is 1.77 bits per heavy atom. The molecule has 0 fully saturated rings. The molecule has 0 radical (unpaired) electrons. The molecule has 0 amide bonds. The van der Waals surface area contributed by atoms with Crippen LogP contribution in [0, 0.1) is 10.1 Å². The molecule has 0 saturated heterocycles. The van der Waals surface area contributed by atoms with Crippen LogP contribution in [0.3, 0.4) is 0 Å². The number of non-ortho nitro benzene ring substituents is 1. The zero-order valence-corrected chi connectivity index (χ0v) is 16.6. The molecular weight excluding hydrogens is 400 g/mol. The van der Waals surface area contributed by atoms with Crippen molar-refractivity contribution in [3.63, 3.8) is 0 Å². The Balaban J connectivity index is 1.83. The molecule has 0 atom stereocenters. The highest BCUT2D eigenvalue weighted by atomic mass is 32.2. The average Bonchev–Trinajstić information content (AvgIpc) is 2.78. The lowest BCUT2D eigenvalue weighted by atomic mass is 10.1. The lowest BCUT2D eigenvalue weighted by molar-refractivity contribution is -0.384. The fraction of sp³-hybridized carbons (Fsp3) is 0.0455. The van der Waals surface area contributed by atoms with Crippen molar-refractivity contribution in [1.82, 2.24) is 15.0 Å². The molecule has 0 aliphatic heterocycles. The standard InChI is InChI=1S/C22H14N4O3S/c1-29-19-8-4-6-16-20(19)25-18-11-13(26(27)28)9-10-14(18)21(16)30-22-15-5-2-3-7-17(15)23-12-24-22/h2-12H,1H3. The fourth-order valence-electron chi connectivity index (χ4n) is 3.44. The highest BCUT2D eigenvalue weighted by Gasteiger charge is 2.17. The molecule has 0 aliphatic rings. The minimum absolute atomic E-state index is 0.00677. The molecule has 0 bridgehead atoms. The molecule has 0 spiro atoms. The van der Waals surface area contributed by atoms with Gasteiger partial charge in [0.25, 0.3) is 5.69 Å². The van der Waals surface area contributed by atoms with Crippen LogP contribution in [-0.4, -0.2) is 27.0 Å². The van der Waals surface area contributed by atoms with Gasteiger partial charge in [-0.25, -0.2) is 15.0 Å². The third-order valence-electron chi connectivity index (χ3n) is 4.84. The van der Waals surface area contributed by atoms with Crippen molar-refractivity contribution in [3.8, 4) is 5.75 Å². The third-order valence-corrected chi connectivity index (χ3v) is 6.00. The summed E-state index contributed by atoms with van der Waals surface area (Å²) in [6, 6.07) is 18.2. The average molecular weight is 414 g/mol. The van der Waals surface area contributed by atoms with Gasteiger partial charge < -0.3 is 4.74 Å². The van der Waals surface area contributed by atoms with Crippen LogP contribution in [0.15, 0.2) is 76.9 Å². The maximum absolute atomic E-state index is 11.3. The predicted molar refractivity (Wildman–Crippen MR) is 116 cm³/mol. The summed E-state index contributed by atoms with van der Waals surface area (Å²) in [5.74, 6) is 0.607. The van der Waals surface area contributed by atoms with Gasteiger partial charge in [-0.3, -0.25) is 10.1 Å². The molecular formula is C22H14N4O3S. The van der Waals surface area contributed by atoms with Crippen LogP contribution in [-0.2, 0) is 0 Å². The van der Waals surface area contributed by atoms with Crippen LogP contribution in [0.1, 0.15) is 0 Å². The molecule has 0 aliphatic carbocycles. The highest BCUT2D eigenvalue weighted by Crippen LogP contribution is 2.42. The number of rotatable bonds is 4. The van der Waals surface area contributed by atoms with Crippen LogP contribution < -0.4 is 4.74 Å². The van der Waals surface area contributed by atoms with E-state index in [1.807, 2.05) is 42.5 Å². The van der Waals surface area contributed by atoms with Gasteiger partial charge in [-0.15, -0.1) is 0 Å². The smallest absolute Gasteiger partial charge is 0.271 e.